The number of ketones is 1. The first kappa shape index (κ1) is 7.73. The molecule has 1 rings (SSSR count). The highest BCUT2D eigenvalue weighted by Gasteiger charge is 2.41. The number of rotatable bonds is 1. The molecule has 0 saturated heterocycles. The van der Waals surface area contributed by atoms with Crippen molar-refractivity contribution in [2.75, 3.05) is 6.61 Å². The second-order valence-electron chi connectivity index (χ2n) is 3.52. The van der Waals surface area contributed by atoms with Gasteiger partial charge in [-0.3, -0.25) is 4.79 Å². The number of carbonyl (C=O) groups is 1. The number of aliphatic hydroxyl groups excluding tert-OH is 1. The summed E-state index contributed by atoms with van der Waals surface area (Å²) in [4.78, 5) is 11.3. The van der Waals surface area contributed by atoms with E-state index in [0.29, 0.717) is 0 Å². The highest BCUT2D eigenvalue weighted by molar-refractivity contribution is 5.88. The van der Waals surface area contributed by atoms with Gasteiger partial charge in [0.25, 0.3) is 0 Å². The molecule has 0 bridgehead atoms. The van der Waals surface area contributed by atoms with E-state index in [1.807, 2.05) is 13.8 Å². The summed E-state index contributed by atoms with van der Waals surface area (Å²) in [5, 5.41) is 8.89. The minimum absolute atomic E-state index is 0.0101. The van der Waals surface area contributed by atoms with Gasteiger partial charge in [0, 0.05) is 11.3 Å². The fourth-order valence-corrected chi connectivity index (χ4v) is 1.54. The van der Waals surface area contributed by atoms with Crippen molar-refractivity contribution in [3.8, 4) is 0 Å². The van der Waals surface area contributed by atoms with Gasteiger partial charge >= 0.3 is 0 Å². The van der Waals surface area contributed by atoms with E-state index in [2.05, 4.69) is 0 Å². The van der Waals surface area contributed by atoms with Crippen molar-refractivity contribution < 1.29 is 9.90 Å². The molecule has 1 N–H and O–H groups in total. The maximum atomic E-state index is 11.3. The summed E-state index contributed by atoms with van der Waals surface area (Å²) in [7, 11) is 0. The smallest absolute Gasteiger partial charge is 0.143 e. The Morgan fingerprint density at radius 3 is 2.60 bits per heavy atom. The molecule has 1 aliphatic carbocycles. The van der Waals surface area contributed by atoms with Crippen LogP contribution in [0.2, 0.25) is 0 Å². The summed E-state index contributed by atoms with van der Waals surface area (Å²) in [5.41, 5.74) is -0.417. The van der Waals surface area contributed by atoms with Crippen LogP contribution in [-0.2, 0) is 4.79 Å². The first-order chi connectivity index (χ1) is 4.60. The van der Waals surface area contributed by atoms with E-state index in [9.17, 15) is 4.79 Å². The van der Waals surface area contributed by atoms with Crippen molar-refractivity contribution >= 4 is 5.78 Å². The standard InChI is InChI=1S/C8H14O2/c1-6-3-4-8(2,5-9)7(6)10/h6,9H,3-5H2,1-2H3/t6-,8+/m0/s1. The topological polar surface area (TPSA) is 37.3 Å². The third kappa shape index (κ3) is 0.966. The minimum atomic E-state index is -0.417. The number of hydrogen-bond donors (Lipinski definition) is 1. The fraction of sp³-hybridized carbons (Fsp3) is 0.875. The molecule has 0 unspecified atom stereocenters. The predicted octanol–water partition coefficient (Wildman–Crippen LogP) is 0.984. The summed E-state index contributed by atoms with van der Waals surface area (Å²) in [5.74, 6) is 0.396. The molecule has 1 saturated carbocycles. The van der Waals surface area contributed by atoms with Gasteiger partial charge in [0.05, 0.1) is 6.61 Å². The van der Waals surface area contributed by atoms with E-state index in [-0.39, 0.29) is 18.3 Å². The molecule has 0 aromatic rings. The van der Waals surface area contributed by atoms with Crippen LogP contribution in [0.3, 0.4) is 0 Å². The van der Waals surface area contributed by atoms with Crippen molar-refractivity contribution in [1.29, 1.82) is 0 Å². The van der Waals surface area contributed by atoms with E-state index in [0.717, 1.165) is 12.8 Å². The molecule has 0 heterocycles. The summed E-state index contributed by atoms with van der Waals surface area (Å²) >= 11 is 0. The number of hydrogen-bond acceptors (Lipinski definition) is 2. The molecule has 0 amide bonds. The van der Waals surface area contributed by atoms with Crippen LogP contribution in [0.25, 0.3) is 0 Å². The Kier molecular flexibility index (Phi) is 1.82. The Labute approximate surface area is 61.2 Å². The predicted molar refractivity (Wildman–Crippen MR) is 38.6 cm³/mol. The number of aliphatic hydroxyl groups is 1. The van der Waals surface area contributed by atoms with Gasteiger partial charge in [-0.05, 0) is 12.8 Å². The van der Waals surface area contributed by atoms with Gasteiger partial charge in [0.2, 0.25) is 0 Å². The Morgan fingerprint density at radius 2 is 2.40 bits per heavy atom. The van der Waals surface area contributed by atoms with Gasteiger partial charge in [-0.15, -0.1) is 0 Å². The maximum Gasteiger partial charge on any atom is 0.143 e. The van der Waals surface area contributed by atoms with E-state index < -0.39 is 5.41 Å². The molecule has 2 nitrogen and oxygen atoms in total. The summed E-state index contributed by atoms with van der Waals surface area (Å²) < 4.78 is 0. The second kappa shape index (κ2) is 2.35. The zero-order valence-electron chi connectivity index (χ0n) is 6.55. The fourth-order valence-electron chi connectivity index (χ4n) is 1.54. The van der Waals surface area contributed by atoms with Crippen molar-refractivity contribution in [2.45, 2.75) is 26.7 Å². The van der Waals surface area contributed by atoms with Gasteiger partial charge in [-0.1, -0.05) is 13.8 Å². The highest BCUT2D eigenvalue weighted by Crippen LogP contribution is 2.37. The first-order valence-corrected chi connectivity index (χ1v) is 3.75. The second-order valence-corrected chi connectivity index (χ2v) is 3.52. The van der Waals surface area contributed by atoms with Gasteiger partial charge in [-0.25, -0.2) is 0 Å². The van der Waals surface area contributed by atoms with Crippen LogP contribution < -0.4 is 0 Å². The Hall–Kier alpha value is -0.370. The molecule has 0 radical (unpaired) electrons. The molecule has 10 heavy (non-hydrogen) atoms. The molecule has 2 heteroatoms. The molecule has 1 aliphatic rings. The Morgan fingerprint density at radius 1 is 1.80 bits per heavy atom. The van der Waals surface area contributed by atoms with Crippen LogP contribution in [0, 0.1) is 11.3 Å². The summed E-state index contributed by atoms with van der Waals surface area (Å²) in [6, 6.07) is 0. The van der Waals surface area contributed by atoms with Gasteiger partial charge in [0.15, 0.2) is 0 Å². The van der Waals surface area contributed by atoms with Gasteiger partial charge in [-0.2, -0.15) is 0 Å². The lowest BCUT2D eigenvalue weighted by Gasteiger charge is -2.17. The van der Waals surface area contributed by atoms with Crippen LogP contribution in [0.4, 0.5) is 0 Å². The quantitative estimate of drug-likeness (QED) is 0.592. The molecule has 0 aromatic carbocycles. The molecule has 2 atom stereocenters. The van der Waals surface area contributed by atoms with Gasteiger partial charge < -0.3 is 5.11 Å². The average molecular weight is 142 g/mol. The molecule has 0 aromatic heterocycles. The molecular weight excluding hydrogens is 128 g/mol. The van der Waals surface area contributed by atoms with E-state index in [1.165, 1.54) is 0 Å². The third-order valence-corrected chi connectivity index (χ3v) is 2.52. The average Bonchev–Trinajstić information content (AvgIpc) is 2.19. The summed E-state index contributed by atoms with van der Waals surface area (Å²) in [6.45, 7) is 3.79. The van der Waals surface area contributed by atoms with Crippen LogP contribution in [0.1, 0.15) is 26.7 Å². The van der Waals surface area contributed by atoms with Crippen molar-refractivity contribution in [2.24, 2.45) is 11.3 Å². The monoisotopic (exact) mass is 142 g/mol. The Bertz CT molecular complexity index is 153. The zero-order valence-corrected chi connectivity index (χ0v) is 6.55. The van der Waals surface area contributed by atoms with Crippen LogP contribution in [-0.4, -0.2) is 17.5 Å². The molecular formula is C8H14O2. The van der Waals surface area contributed by atoms with E-state index >= 15 is 0 Å². The zero-order chi connectivity index (χ0) is 7.78. The minimum Gasteiger partial charge on any atom is -0.395 e. The summed E-state index contributed by atoms with van der Waals surface area (Å²) in [6.07, 6.45) is 1.79. The number of Topliss-reactive ketones (excluding diaryl/α,β-unsaturated/α-hetero) is 1. The maximum absolute atomic E-state index is 11.3. The molecule has 58 valence electrons. The lowest BCUT2D eigenvalue weighted by Crippen LogP contribution is -2.28. The van der Waals surface area contributed by atoms with Crippen molar-refractivity contribution in [1.82, 2.24) is 0 Å². The number of carbonyl (C=O) groups excluding carboxylic acids is 1. The van der Waals surface area contributed by atoms with Crippen molar-refractivity contribution in [3.63, 3.8) is 0 Å². The van der Waals surface area contributed by atoms with E-state index in [1.54, 1.807) is 0 Å². The molecule has 0 spiro atoms. The first-order valence-electron chi connectivity index (χ1n) is 3.75. The molecule has 1 fully saturated rings. The normalized spacial score (nSPS) is 40.7. The van der Waals surface area contributed by atoms with Crippen LogP contribution in [0.15, 0.2) is 0 Å². The van der Waals surface area contributed by atoms with Crippen molar-refractivity contribution in [3.05, 3.63) is 0 Å². The largest absolute Gasteiger partial charge is 0.395 e. The van der Waals surface area contributed by atoms with Crippen LogP contribution >= 0.6 is 0 Å². The van der Waals surface area contributed by atoms with Gasteiger partial charge in [0.1, 0.15) is 5.78 Å². The highest BCUT2D eigenvalue weighted by atomic mass is 16.3. The SMILES string of the molecule is C[C@H]1CC[C@](C)(CO)C1=O. The Balaban J connectivity index is 2.73. The van der Waals surface area contributed by atoms with Crippen LogP contribution in [0.5, 0.6) is 0 Å². The molecule has 0 aliphatic heterocycles. The third-order valence-electron chi connectivity index (χ3n) is 2.52. The lowest BCUT2D eigenvalue weighted by molar-refractivity contribution is -0.129. The van der Waals surface area contributed by atoms with E-state index in [4.69, 9.17) is 5.11 Å². The lowest BCUT2D eigenvalue weighted by atomic mass is 9.88.